The van der Waals surface area contributed by atoms with Gasteiger partial charge >= 0.3 is 0 Å². The molecule has 7 nitrogen and oxygen atoms in total. The molecule has 1 aromatic carbocycles. The van der Waals surface area contributed by atoms with Gasteiger partial charge in [0.1, 0.15) is 0 Å². The van der Waals surface area contributed by atoms with E-state index in [4.69, 9.17) is 0 Å². The number of carbonyl (C=O) groups is 2. The molecule has 21 heavy (non-hydrogen) atoms. The molecule has 0 unspecified atom stereocenters. The Morgan fingerprint density at radius 3 is 2.67 bits per heavy atom. The van der Waals surface area contributed by atoms with Crippen molar-refractivity contribution in [2.45, 2.75) is 13.3 Å². The van der Waals surface area contributed by atoms with E-state index in [0.29, 0.717) is 43.7 Å². The zero-order chi connectivity index (χ0) is 15.4. The number of anilines is 1. The van der Waals surface area contributed by atoms with Gasteiger partial charge in [0.15, 0.2) is 6.29 Å². The summed E-state index contributed by atoms with van der Waals surface area (Å²) in [6.07, 6.45) is 1.44. The van der Waals surface area contributed by atoms with Crippen molar-refractivity contribution in [1.82, 2.24) is 4.90 Å². The Kier molecular flexibility index (Phi) is 4.52. The number of benzene rings is 1. The zero-order valence-corrected chi connectivity index (χ0v) is 11.8. The van der Waals surface area contributed by atoms with Gasteiger partial charge in [-0.25, -0.2) is 0 Å². The van der Waals surface area contributed by atoms with Gasteiger partial charge in [-0.15, -0.1) is 0 Å². The molecule has 0 aliphatic carbocycles. The number of hydrogen-bond acceptors (Lipinski definition) is 5. The summed E-state index contributed by atoms with van der Waals surface area (Å²) in [5.74, 6) is 0.0381. The number of hydrogen-bond donors (Lipinski definition) is 0. The maximum atomic E-state index is 11.4. The molecule has 7 heteroatoms. The second kappa shape index (κ2) is 6.34. The largest absolute Gasteiger partial charge is 0.369 e. The highest BCUT2D eigenvalue weighted by molar-refractivity contribution is 5.86. The van der Waals surface area contributed by atoms with Crippen molar-refractivity contribution in [1.29, 1.82) is 0 Å². The second-order valence-corrected chi connectivity index (χ2v) is 4.96. The Labute approximate surface area is 122 Å². The molecule has 0 bridgehead atoms. The molecule has 1 aliphatic heterocycles. The molecule has 0 atom stereocenters. The van der Waals surface area contributed by atoms with Gasteiger partial charge < -0.3 is 9.80 Å². The monoisotopic (exact) mass is 291 g/mol. The predicted molar refractivity (Wildman–Crippen MR) is 77.6 cm³/mol. The average Bonchev–Trinajstić information content (AvgIpc) is 2.72. The summed E-state index contributed by atoms with van der Waals surface area (Å²) in [6, 6.07) is 4.29. The van der Waals surface area contributed by atoms with E-state index in [1.54, 1.807) is 17.9 Å². The maximum absolute atomic E-state index is 11.4. The van der Waals surface area contributed by atoms with E-state index in [-0.39, 0.29) is 11.6 Å². The van der Waals surface area contributed by atoms with E-state index < -0.39 is 4.92 Å². The van der Waals surface area contributed by atoms with Gasteiger partial charge in [-0.05, 0) is 12.5 Å². The molecule has 1 aliphatic rings. The summed E-state index contributed by atoms with van der Waals surface area (Å²) in [5, 5.41) is 10.8. The van der Waals surface area contributed by atoms with E-state index >= 15 is 0 Å². The van der Waals surface area contributed by atoms with Gasteiger partial charge in [-0.2, -0.15) is 0 Å². The van der Waals surface area contributed by atoms with Crippen LogP contribution in [0.4, 0.5) is 11.4 Å². The first-order valence-electron chi connectivity index (χ1n) is 6.77. The van der Waals surface area contributed by atoms with Crippen molar-refractivity contribution in [2.75, 3.05) is 31.1 Å². The summed E-state index contributed by atoms with van der Waals surface area (Å²) in [5.41, 5.74) is 0.891. The number of aldehydes is 1. The van der Waals surface area contributed by atoms with E-state index in [9.17, 15) is 19.7 Å². The van der Waals surface area contributed by atoms with Gasteiger partial charge in [0.2, 0.25) is 5.91 Å². The highest BCUT2D eigenvalue weighted by Gasteiger charge is 2.20. The van der Waals surface area contributed by atoms with Crippen molar-refractivity contribution >= 4 is 23.6 Å². The molecule has 0 saturated carbocycles. The Morgan fingerprint density at radius 2 is 2.05 bits per heavy atom. The summed E-state index contributed by atoms with van der Waals surface area (Å²) in [4.78, 5) is 36.6. The first-order chi connectivity index (χ1) is 10.0. The van der Waals surface area contributed by atoms with Gasteiger partial charge in [-0.1, -0.05) is 0 Å². The second-order valence-electron chi connectivity index (χ2n) is 4.96. The molecule has 0 radical (unpaired) electrons. The first kappa shape index (κ1) is 15.0. The van der Waals surface area contributed by atoms with Crippen molar-refractivity contribution in [3.05, 3.63) is 33.9 Å². The average molecular weight is 291 g/mol. The SMILES string of the molecule is CC(=O)N1CCCN(c2ccc([N+](=O)[O-])cc2C=O)CC1. The number of nitro groups is 1. The van der Waals surface area contributed by atoms with Gasteiger partial charge in [0.25, 0.3) is 5.69 Å². The summed E-state index contributed by atoms with van der Waals surface area (Å²) >= 11 is 0. The fourth-order valence-corrected chi connectivity index (χ4v) is 2.51. The maximum Gasteiger partial charge on any atom is 0.270 e. The van der Waals surface area contributed by atoms with Crippen LogP contribution >= 0.6 is 0 Å². The molecule has 1 aromatic rings. The molecule has 2 rings (SSSR count). The normalized spacial score (nSPS) is 15.5. The van der Waals surface area contributed by atoms with Crippen molar-refractivity contribution in [3.63, 3.8) is 0 Å². The minimum Gasteiger partial charge on any atom is -0.369 e. The van der Waals surface area contributed by atoms with Gasteiger partial charge in [0.05, 0.1) is 4.92 Å². The van der Waals surface area contributed by atoms with Crippen LogP contribution in [-0.2, 0) is 4.79 Å². The van der Waals surface area contributed by atoms with Crippen LogP contribution in [0.15, 0.2) is 18.2 Å². The van der Waals surface area contributed by atoms with Crippen LogP contribution in [0.1, 0.15) is 23.7 Å². The lowest BCUT2D eigenvalue weighted by Crippen LogP contribution is -2.33. The summed E-state index contributed by atoms with van der Waals surface area (Å²) < 4.78 is 0. The molecule has 0 spiro atoms. The lowest BCUT2D eigenvalue weighted by Gasteiger charge is -2.24. The Hall–Kier alpha value is -2.44. The molecular weight excluding hydrogens is 274 g/mol. The number of non-ortho nitro benzene ring substituents is 1. The van der Waals surface area contributed by atoms with Crippen LogP contribution < -0.4 is 4.90 Å². The van der Waals surface area contributed by atoms with Crippen molar-refractivity contribution < 1.29 is 14.5 Å². The smallest absolute Gasteiger partial charge is 0.270 e. The number of carbonyl (C=O) groups excluding carboxylic acids is 2. The fourth-order valence-electron chi connectivity index (χ4n) is 2.51. The molecule has 1 heterocycles. The van der Waals surface area contributed by atoms with E-state index in [1.165, 1.54) is 12.1 Å². The molecule has 1 amide bonds. The standard InChI is InChI=1S/C14H17N3O4/c1-11(19)15-5-2-6-16(8-7-15)14-4-3-13(17(20)21)9-12(14)10-18/h3-4,9-10H,2,5-8H2,1H3. The van der Waals surface area contributed by atoms with Crippen molar-refractivity contribution in [2.24, 2.45) is 0 Å². The zero-order valence-electron chi connectivity index (χ0n) is 11.8. The molecule has 0 aromatic heterocycles. The quantitative estimate of drug-likeness (QED) is 0.478. The molecule has 1 saturated heterocycles. The van der Waals surface area contributed by atoms with E-state index in [2.05, 4.69) is 0 Å². The topological polar surface area (TPSA) is 83.8 Å². The Balaban J connectivity index is 2.23. The third kappa shape index (κ3) is 3.36. The van der Waals surface area contributed by atoms with Gasteiger partial charge in [-0.3, -0.25) is 19.7 Å². The minimum absolute atomic E-state index is 0.0381. The molecular formula is C14H17N3O4. The van der Waals surface area contributed by atoms with Gasteiger partial charge in [0, 0.05) is 56.5 Å². The third-order valence-electron chi connectivity index (χ3n) is 3.63. The van der Waals surface area contributed by atoms with Crippen LogP contribution in [0, 0.1) is 10.1 Å². The number of nitrogens with zero attached hydrogens (tertiary/aromatic N) is 3. The minimum atomic E-state index is -0.517. The number of amides is 1. The molecule has 112 valence electrons. The fraction of sp³-hybridized carbons (Fsp3) is 0.429. The summed E-state index contributed by atoms with van der Waals surface area (Å²) in [7, 11) is 0. The third-order valence-corrected chi connectivity index (χ3v) is 3.63. The van der Waals surface area contributed by atoms with Crippen molar-refractivity contribution in [3.8, 4) is 0 Å². The molecule has 0 N–H and O–H groups in total. The lowest BCUT2D eigenvalue weighted by molar-refractivity contribution is -0.384. The predicted octanol–water partition coefficient (Wildman–Crippen LogP) is 1.47. The van der Waals surface area contributed by atoms with Crippen LogP contribution in [0.5, 0.6) is 0 Å². The van der Waals surface area contributed by atoms with Crippen LogP contribution in [0.2, 0.25) is 0 Å². The number of rotatable bonds is 3. The van der Waals surface area contributed by atoms with Crippen LogP contribution in [0.3, 0.4) is 0 Å². The van der Waals surface area contributed by atoms with Crippen LogP contribution in [0.25, 0.3) is 0 Å². The van der Waals surface area contributed by atoms with E-state index in [0.717, 1.165) is 6.42 Å². The number of nitro benzene ring substituents is 1. The Morgan fingerprint density at radius 1 is 1.29 bits per heavy atom. The Bertz CT molecular complexity index is 573. The molecule has 1 fully saturated rings. The van der Waals surface area contributed by atoms with E-state index in [1.807, 2.05) is 4.90 Å². The highest BCUT2D eigenvalue weighted by Crippen LogP contribution is 2.25. The van der Waals surface area contributed by atoms with Crippen LogP contribution in [-0.4, -0.2) is 48.2 Å². The summed E-state index contributed by atoms with van der Waals surface area (Å²) in [6.45, 7) is 4.14. The highest BCUT2D eigenvalue weighted by atomic mass is 16.6. The lowest BCUT2D eigenvalue weighted by atomic mass is 10.1. The first-order valence-corrected chi connectivity index (χ1v) is 6.77.